The van der Waals surface area contributed by atoms with Crippen LogP contribution in [0.2, 0.25) is 0 Å². The number of nitrogens with one attached hydrogen (secondary N) is 3. The van der Waals surface area contributed by atoms with Gasteiger partial charge in [0.2, 0.25) is 11.9 Å². The summed E-state index contributed by atoms with van der Waals surface area (Å²) in [6, 6.07) is 13.8. The number of urea groups is 2. The Hall–Kier alpha value is -5.02. The van der Waals surface area contributed by atoms with Gasteiger partial charge >= 0.3 is 12.1 Å². The molecule has 254 valence electrons. The van der Waals surface area contributed by atoms with Gasteiger partial charge in [-0.15, -0.1) is 0 Å². The number of morpholine rings is 1. The fourth-order valence-electron chi connectivity index (χ4n) is 5.89. The monoisotopic (exact) mass is 657 g/mol. The highest BCUT2D eigenvalue weighted by atomic mass is 16.5. The summed E-state index contributed by atoms with van der Waals surface area (Å²) in [6.45, 7) is 8.24. The minimum atomic E-state index is -0.398. The molecule has 0 atom stereocenters. The van der Waals surface area contributed by atoms with Crippen LogP contribution in [0.5, 0.6) is 0 Å². The Labute approximate surface area is 280 Å². The minimum absolute atomic E-state index is 0.000593. The Morgan fingerprint density at radius 3 is 1.88 bits per heavy atom. The lowest BCUT2D eigenvalue weighted by atomic mass is 10.1. The quantitative estimate of drug-likeness (QED) is 0.360. The summed E-state index contributed by atoms with van der Waals surface area (Å²) in [7, 11) is 3.70. The SMILES string of the molecule is CNC(=O)N1CCCN(c2nc(-c3ccc(NC(=O)Nc4ccc(C(=O)N5CCN(C)CC5)cc4)cc3)nc(N3CCOCC3)n2)CC1. The fraction of sp³-hybridized carbons (Fsp3) is 0.455. The molecule has 3 saturated heterocycles. The van der Waals surface area contributed by atoms with Crippen LogP contribution >= 0.6 is 0 Å². The van der Waals surface area contributed by atoms with Crippen LogP contribution in [0.15, 0.2) is 48.5 Å². The Morgan fingerprint density at radius 1 is 0.667 bits per heavy atom. The standard InChI is InChI=1S/C33H43N11O4/c1-34-33(47)44-13-3-12-42(18-19-44)30-37-28(38-31(39-30)43-20-22-48-23-21-43)24-4-8-26(9-5-24)35-32(46)36-27-10-6-25(7-11-27)29(45)41-16-14-40(2)15-17-41/h4-11H,3,12-23H2,1-2H3,(H,34,47)(H2,35,36,46). The van der Waals surface area contributed by atoms with E-state index in [-0.39, 0.29) is 11.9 Å². The number of hydrogen-bond acceptors (Lipinski definition) is 10. The number of rotatable bonds is 6. The molecule has 3 aromatic rings. The first kappa shape index (κ1) is 32.9. The first-order valence-electron chi connectivity index (χ1n) is 16.4. The highest BCUT2D eigenvalue weighted by molar-refractivity contribution is 6.00. The van der Waals surface area contributed by atoms with Gasteiger partial charge in [-0.05, 0) is 62.0 Å². The van der Waals surface area contributed by atoms with E-state index in [2.05, 4.69) is 37.7 Å². The number of amides is 5. The van der Waals surface area contributed by atoms with Gasteiger partial charge in [-0.25, -0.2) is 9.59 Å². The summed E-state index contributed by atoms with van der Waals surface area (Å²) >= 11 is 0. The second-order valence-electron chi connectivity index (χ2n) is 12.1. The van der Waals surface area contributed by atoms with E-state index in [0.29, 0.717) is 100 Å². The third kappa shape index (κ3) is 8.09. The number of piperazine rings is 1. The van der Waals surface area contributed by atoms with Gasteiger partial charge in [0, 0.05) is 95.0 Å². The molecule has 0 bridgehead atoms. The Bertz CT molecular complexity index is 1570. The summed E-state index contributed by atoms with van der Waals surface area (Å²) < 4.78 is 5.54. The summed E-state index contributed by atoms with van der Waals surface area (Å²) in [6.07, 6.45) is 0.794. The minimum Gasteiger partial charge on any atom is -0.378 e. The molecule has 15 nitrogen and oxygen atoms in total. The first-order valence-corrected chi connectivity index (χ1v) is 16.4. The Balaban J connectivity index is 1.11. The van der Waals surface area contributed by atoms with Gasteiger partial charge in [0.25, 0.3) is 5.91 Å². The predicted octanol–water partition coefficient (Wildman–Crippen LogP) is 2.26. The fourth-order valence-corrected chi connectivity index (χ4v) is 5.89. The lowest BCUT2D eigenvalue weighted by Crippen LogP contribution is -2.47. The zero-order valence-corrected chi connectivity index (χ0v) is 27.5. The van der Waals surface area contributed by atoms with Crippen LogP contribution in [0, 0.1) is 0 Å². The van der Waals surface area contributed by atoms with Gasteiger partial charge in [-0.1, -0.05) is 0 Å². The second kappa shape index (κ2) is 15.3. The third-order valence-corrected chi connectivity index (χ3v) is 8.77. The van der Waals surface area contributed by atoms with E-state index in [4.69, 9.17) is 19.7 Å². The number of anilines is 4. The highest BCUT2D eigenvalue weighted by Gasteiger charge is 2.24. The molecule has 2 aromatic carbocycles. The molecule has 0 unspecified atom stereocenters. The summed E-state index contributed by atoms with van der Waals surface area (Å²) in [4.78, 5) is 62.5. The van der Waals surface area contributed by atoms with Gasteiger partial charge in [-0.3, -0.25) is 4.79 Å². The third-order valence-electron chi connectivity index (χ3n) is 8.77. The van der Waals surface area contributed by atoms with Crippen LogP contribution in [0.25, 0.3) is 11.4 Å². The number of nitrogens with zero attached hydrogens (tertiary/aromatic N) is 8. The normalized spacial score (nSPS) is 17.5. The van der Waals surface area contributed by atoms with Crippen molar-refractivity contribution in [3.63, 3.8) is 0 Å². The van der Waals surface area contributed by atoms with Crippen molar-refractivity contribution in [2.24, 2.45) is 0 Å². The van der Waals surface area contributed by atoms with Gasteiger partial charge in [0.1, 0.15) is 0 Å². The lowest BCUT2D eigenvalue weighted by Gasteiger charge is -2.32. The maximum atomic E-state index is 12.8. The number of carbonyl (C=O) groups excluding carboxylic acids is 3. The number of aromatic nitrogens is 3. The second-order valence-corrected chi connectivity index (χ2v) is 12.1. The average molecular weight is 658 g/mol. The van der Waals surface area contributed by atoms with E-state index in [9.17, 15) is 14.4 Å². The van der Waals surface area contributed by atoms with Gasteiger partial charge in [-0.2, -0.15) is 15.0 Å². The first-order chi connectivity index (χ1) is 23.4. The molecule has 6 rings (SSSR count). The number of carbonyl (C=O) groups is 3. The molecule has 3 N–H and O–H groups in total. The molecule has 3 aliphatic heterocycles. The van der Waals surface area contributed by atoms with E-state index in [1.54, 1.807) is 48.3 Å². The Kier molecular flexibility index (Phi) is 10.5. The molecule has 1 aromatic heterocycles. The maximum absolute atomic E-state index is 12.8. The molecule has 0 radical (unpaired) electrons. The molecule has 3 aliphatic rings. The van der Waals surface area contributed by atoms with Gasteiger partial charge < -0.3 is 45.2 Å². The van der Waals surface area contributed by atoms with Crippen molar-refractivity contribution < 1.29 is 19.1 Å². The molecular weight excluding hydrogens is 614 g/mol. The van der Waals surface area contributed by atoms with Crippen molar-refractivity contribution in [3.8, 4) is 11.4 Å². The van der Waals surface area contributed by atoms with Crippen LogP contribution < -0.4 is 25.8 Å². The van der Waals surface area contributed by atoms with Gasteiger partial charge in [0.05, 0.1) is 13.2 Å². The predicted molar refractivity (Wildman–Crippen MR) is 184 cm³/mol. The largest absolute Gasteiger partial charge is 0.378 e. The van der Waals surface area contributed by atoms with Crippen molar-refractivity contribution in [1.82, 2.24) is 35.0 Å². The van der Waals surface area contributed by atoms with Crippen LogP contribution in [-0.4, -0.2) is 140 Å². The van der Waals surface area contributed by atoms with Crippen LogP contribution in [0.1, 0.15) is 16.8 Å². The zero-order valence-electron chi connectivity index (χ0n) is 27.5. The zero-order chi connectivity index (χ0) is 33.5. The van der Waals surface area contributed by atoms with Gasteiger partial charge in [0.15, 0.2) is 5.82 Å². The van der Waals surface area contributed by atoms with Crippen molar-refractivity contribution in [3.05, 3.63) is 54.1 Å². The van der Waals surface area contributed by atoms with Crippen molar-refractivity contribution in [1.29, 1.82) is 0 Å². The smallest absolute Gasteiger partial charge is 0.323 e. The van der Waals surface area contributed by atoms with Crippen LogP contribution in [0.3, 0.4) is 0 Å². The van der Waals surface area contributed by atoms with E-state index < -0.39 is 6.03 Å². The molecule has 48 heavy (non-hydrogen) atoms. The number of hydrogen-bond donors (Lipinski definition) is 3. The molecule has 0 saturated carbocycles. The molecular formula is C33H43N11O4. The number of likely N-dealkylation sites (N-methyl/N-ethyl adjacent to an activating group) is 1. The van der Waals surface area contributed by atoms with Crippen molar-refractivity contribution >= 4 is 41.2 Å². The van der Waals surface area contributed by atoms with Crippen LogP contribution in [0.4, 0.5) is 32.9 Å². The molecule has 0 aliphatic carbocycles. The average Bonchev–Trinajstić information content (AvgIpc) is 3.39. The summed E-state index contributed by atoms with van der Waals surface area (Å²) in [5, 5.41) is 8.40. The topological polar surface area (TPSA) is 151 Å². The molecule has 3 fully saturated rings. The number of ether oxygens (including phenoxy) is 1. The highest BCUT2D eigenvalue weighted by Crippen LogP contribution is 2.25. The van der Waals surface area contributed by atoms with E-state index in [1.165, 1.54) is 0 Å². The van der Waals surface area contributed by atoms with E-state index in [1.807, 2.05) is 17.0 Å². The number of benzene rings is 2. The molecule has 5 amide bonds. The summed E-state index contributed by atoms with van der Waals surface area (Å²) in [5.41, 5.74) is 2.56. The molecule has 4 heterocycles. The van der Waals surface area contributed by atoms with Crippen molar-refractivity contribution in [2.75, 3.05) is 113 Å². The van der Waals surface area contributed by atoms with Crippen molar-refractivity contribution in [2.45, 2.75) is 6.42 Å². The Morgan fingerprint density at radius 2 is 1.25 bits per heavy atom. The van der Waals surface area contributed by atoms with E-state index in [0.717, 1.165) is 25.1 Å². The summed E-state index contributed by atoms with van der Waals surface area (Å²) in [5.74, 6) is 1.68. The van der Waals surface area contributed by atoms with E-state index >= 15 is 0 Å². The lowest BCUT2D eigenvalue weighted by molar-refractivity contribution is 0.0664. The molecule has 15 heteroatoms. The molecule has 0 spiro atoms. The maximum Gasteiger partial charge on any atom is 0.323 e. The van der Waals surface area contributed by atoms with Crippen LogP contribution in [-0.2, 0) is 4.74 Å².